The molecule has 0 aliphatic carbocycles. The lowest BCUT2D eigenvalue weighted by atomic mass is 10.1. The molecule has 27 heavy (non-hydrogen) atoms. The fourth-order valence-electron chi connectivity index (χ4n) is 3.53. The number of benzene rings is 1. The second-order valence-electron chi connectivity index (χ2n) is 7.06. The normalized spacial score (nSPS) is 22.5. The number of carbonyl (C=O) groups excluding carboxylic acids is 2. The molecule has 2 aliphatic heterocycles. The number of nitrogens with zero attached hydrogens (tertiary/aromatic N) is 2. The van der Waals surface area contributed by atoms with E-state index in [2.05, 4.69) is 0 Å². The summed E-state index contributed by atoms with van der Waals surface area (Å²) in [4.78, 5) is 26.2. The van der Waals surface area contributed by atoms with Crippen molar-refractivity contribution < 1.29 is 27.5 Å². The summed E-state index contributed by atoms with van der Waals surface area (Å²) in [5.74, 6) is -0.854. The molecule has 1 aromatic rings. The van der Waals surface area contributed by atoms with E-state index >= 15 is 0 Å². The van der Waals surface area contributed by atoms with Crippen molar-refractivity contribution >= 4 is 27.6 Å². The highest BCUT2D eigenvalue weighted by molar-refractivity contribution is 7.92. The van der Waals surface area contributed by atoms with E-state index in [0.717, 1.165) is 11.8 Å². The van der Waals surface area contributed by atoms with Crippen LogP contribution >= 0.6 is 0 Å². The molecule has 8 nitrogen and oxygen atoms in total. The standard InChI is InChI=1S/C18H24N2O6S/c1-12-9-19(10-13(2)26-12)17(21)11-25-18(22)15-4-5-16-14(8-15)6-7-20(16)27(3,23)24/h4-5,8,12-13H,6-7,9-11H2,1-3H3/t12-,13-/m0/s1. The van der Waals surface area contributed by atoms with Gasteiger partial charge in [0.25, 0.3) is 5.91 Å². The average Bonchev–Trinajstić information content (AvgIpc) is 3.01. The van der Waals surface area contributed by atoms with Crippen molar-refractivity contribution in [1.29, 1.82) is 0 Å². The molecule has 1 fully saturated rings. The number of amides is 1. The molecule has 9 heteroatoms. The Morgan fingerprint density at radius 3 is 2.52 bits per heavy atom. The summed E-state index contributed by atoms with van der Waals surface area (Å²) in [5.41, 5.74) is 1.67. The van der Waals surface area contributed by atoms with Gasteiger partial charge in [0.2, 0.25) is 10.0 Å². The number of hydrogen-bond donors (Lipinski definition) is 0. The highest BCUT2D eigenvalue weighted by Gasteiger charge is 2.28. The van der Waals surface area contributed by atoms with Crippen LogP contribution in [0, 0.1) is 0 Å². The molecule has 0 N–H and O–H groups in total. The first-order valence-corrected chi connectivity index (χ1v) is 10.7. The van der Waals surface area contributed by atoms with E-state index in [-0.39, 0.29) is 24.7 Å². The van der Waals surface area contributed by atoms with Crippen LogP contribution in [-0.4, -0.2) is 69.9 Å². The number of morpholine rings is 1. The summed E-state index contributed by atoms with van der Waals surface area (Å²) in [7, 11) is -3.34. The predicted molar refractivity (Wildman–Crippen MR) is 99.2 cm³/mol. The zero-order chi connectivity index (χ0) is 19.8. The third kappa shape index (κ3) is 4.41. The lowest BCUT2D eigenvalue weighted by Crippen LogP contribution is -2.49. The van der Waals surface area contributed by atoms with E-state index in [1.165, 1.54) is 10.4 Å². The first-order chi connectivity index (χ1) is 12.6. The Hall–Kier alpha value is -2.13. The summed E-state index contributed by atoms with van der Waals surface area (Å²) in [6, 6.07) is 4.76. The van der Waals surface area contributed by atoms with Gasteiger partial charge in [-0.25, -0.2) is 13.2 Å². The summed E-state index contributed by atoms with van der Waals surface area (Å²) in [5, 5.41) is 0. The maximum atomic E-state index is 12.3. The van der Waals surface area contributed by atoms with E-state index < -0.39 is 16.0 Å². The second-order valence-corrected chi connectivity index (χ2v) is 8.97. The fourth-order valence-corrected chi connectivity index (χ4v) is 4.48. The third-order valence-corrected chi connectivity index (χ3v) is 5.85. The second kappa shape index (κ2) is 7.47. The maximum absolute atomic E-state index is 12.3. The van der Waals surface area contributed by atoms with Gasteiger partial charge in [-0.05, 0) is 44.0 Å². The molecule has 1 aromatic carbocycles. The molecule has 0 spiro atoms. The molecule has 3 rings (SSSR count). The number of rotatable bonds is 4. The number of hydrogen-bond acceptors (Lipinski definition) is 6. The zero-order valence-corrected chi connectivity index (χ0v) is 16.5. The van der Waals surface area contributed by atoms with E-state index in [0.29, 0.717) is 37.3 Å². The molecule has 1 saturated heterocycles. The lowest BCUT2D eigenvalue weighted by Gasteiger charge is -2.35. The van der Waals surface area contributed by atoms with Gasteiger partial charge in [0.05, 0.1) is 29.7 Å². The minimum Gasteiger partial charge on any atom is -0.452 e. The molecular weight excluding hydrogens is 372 g/mol. The van der Waals surface area contributed by atoms with Crippen LogP contribution in [0.1, 0.15) is 29.8 Å². The predicted octanol–water partition coefficient (Wildman–Crippen LogP) is 0.801. The molecular formula is C18H24N2O6S. The minimum atomic E-state index is -3.34. The SMILES string of the molecule is C[C@H]1CN(C(=O)COC(=O)c2ccc3c(c2)CCN3S(C)(=O)=O)C[C@H](C)O1. The van der Waals surface area contributed by atoms with Crippen LogP contribution in [0.3, 0.4) is 0 Å². The fraction of sp³-hybridized carbons (Fsp3) is 0.556. The number of sulfonamides is 1. The van der Waals surface area contributed by atoms with Crippen molar-refractivity contribution in [3.05, 3.63) is 29.3 Å². The van der Waals surface area contributed by atoms with Gasteiger partial charge in [-0.15, -0.1) is 0 Å². The van der Waals surface area contributed by atoms with Crippen LogP contribution in [0.4, 0.5) is 5.69 Å². The zero-order valence-electron chi connectivity index (χ0n) is 15.7. The van der Waals surface area contributed by atoms with Gasteiger partial charge in [0.1, 0.15) is 0 Å². The molecule has 2 heterocycles. The first-order valence-electron chi connectivity index (χ1n) is 8.86. The molecule has 2 aliphatic rings. The van der Waals surface area contributed by atoms with Gasteiger partial charge in [-0.2, -0.15) is 0 Å². The van der Waals surface area contributed by atoms with E-state index in [4.69, 9.17) is 9.47 Å². The highest BCUT2D eigenvalue weighted by Crippen LogP contribution is 2.30. The van der Waals surface area contributed by atoms with Crippen LogP contribution in [0.5, 0.6) is 0 Å². The van der Waals surface area contributed by atoms with Gasteiger partial charge >= 0.3 is 5.97 Å². The van der Waals surface area contributed by atoms with Crippen molar-refractivity contribution in [3.8, 4) is 0 Å². The van der Waals surface area contributed by atoms with Gasteiger partial charge in [0.15, 0.2) is 6.61 Å². The number of anilines is 1. The molecule has 1 amide bonds. The number of esters is 1. The van der Waals surface area contributed by atoms with Crippen molar-refractivity contribution in [2.45, 2.75) is 32.5 Å². The topological polar surface area (TPSA) is 93.2 Å². The maximum Gasteiger partial charge on any atom is 0.338 e. The number of carbonyl (C=O) groups is 2. The smallest absolute Gasteiger partial charge is 0.338 e. The molecule has 148 valence electrons. The highest BCUT2D eigenvalue weighted by atomic mass is 32.2. The van der Waals surface area contributed by atoms with Crippen molar-refractivity contribution in [1.82, 2.24) is 4.90 Å². The third-order valence-electron chi connectivity index (χ3n) is 4.67. The van der Waals surface area contributed by atoms with Crippen LogP contribution in [0.15, 0.2) is 18.2 Å². The molecule has 0 saturated carbocycles. The summed E-state index contributed by atoms with van der Waals surface area (Å²) in [6.07, 6.45) is 1.58. The molecule has 0 radical (unpaired) electrons. The van der Waals surface area contributed by atoms with Crippen LogP contribution < -0.4 is 4.31 Å². The Labute approximate surface area is 159 Å². The van der Waals surface area contributed by atoms with Crippen molar-refractivity contribution in [3.63, 3.8) is 0 Å². The van der Waals surface area contributed by atoms with Crippen LogP contribution in [0.25, 0.3) is 0 Å². The monoisotopic (exact) mass is 396 g/mol. The summed E-state index contributed by atoms with van der Waals surface area (Å²) < 4.78 is 35.6. The van der Waals surface area contributed by atoms with E-state index in [1.807, 2.05) is 13.8 Å². The first kappa shape index (κ1) is 19.6. The Morgan fingerprint density at radius 2 is 1.89 bits per heavy atom. The molecule has 0 unspecified atom stereocenters. The van der Waals surface area contributed by atoms with Crippen LogP contribution in [0.2, 0.25) is 0 Å². The van der Waals surface area contributed by atoms with Gasteiger partial charge in [0, 0.05) is 19.6 Å². The molecule has 0 bridgehead atoms. The average molecular weight is 396 g/mol. The van der Waals surface area contributed by atoms with Crippen molar-refractivity contribution in [2.75, 3.05) is 36.8 Å². The Balaban J connectivity index is 1.61. The largest absolute Gasteiger partial charge is 0.452 e. The van der Waals surface area contributed by atoms with Crippen LogP contribution in [-0.2, 0) is 30.7 Å². The van der Waals surface area contributed by atoms with Gasteiger partial charge in [-0.3, -0.25) is 9.10 Å². The van der Waals surface area contributed by atoms with Gasteiger partial charge in [-0.1, -0.05) is 0 Å². The quantitative estimate of drug-likeness (QED) is 0.699. The summed E-state index contributed by atoms with van der Waals surface area (Å²) >= 11 is 0. The van der Waals surface area contributed by atoms with E-state index in [9.17, 15) is 18.0 Å². The molecule has 0 aromatic heterocycles. The Bertz CT molecular complexity index is 843. The Kier molecular flexibility index (Phi) is 5.43. The summed E-state index contributed by atoms with van der Waals surface area (Å²) in [6.45, 7) is 4.77. The number of fused-ring (bicyclic) bond motifs is 1. The van der Waals surface area contributed by atoms with Crippen molar-refractivity contribution in [2.24, 2.45) is 0 Å². The molecule has 2 atom stereocenters. The minimum absolute atomic E-state index is 0.0529. The lowest BCUT2D eigenvalue weighted by molar-refractivity contribution is -0.146. The Morgan fingerprint density at radius 1 is 1.22 bits per heavy atom. The number of ether oxygens (including phenoxy) is 2. The van der Waals surface area contributed by atoms with E-state index in [1.54, 1.807) is 17.0 Å². The van der Waals surface area contributed by atoms with Gasteiger partial charge < -0.3 is 14.4 Å².